The van der Waals surface area contributed by atoms with Crippen LogP contribution in [0.5, 0.6) is 0 Å². The Morgan fingerprint density at radius 1 is 1.27 bits per heavy atom. The highest BCUT2D eigenvalue weighted by atomic mass is 19.1. The molecule has 5 heteroatoms. The van der Waals surface area contributed by atoms with Crippen molar-refractivity contribution < 1.29 is 9.13 Å². The van der Waals surface area contributed by atoms with Gasteiger partial charge in [-0.1, -0.05) is 18.6 Å². The van der Waals surface area contributed by atoms with Crippen LogP contribution in [-0.2, 0) is 10.2 Å². The molecule has 0 radical (unpaired) electrons. The van der Waals surface area contributed by atoms with E-state index >= 15 is 0 Å². The van der Waals surface area contributed by atoms with E-state index in [4.69, 9.17) is 9.73 Å². The lowest BCUT2D eigenvalue weighted by Crippen LogP contribution is -2.42. The summed E-state index contributed by atoms with van der Waals surface area (Å²) in [5.74, 6) is 0.629. The lowest BCUT2D eigenvalue weighted by molar-refractivity contribution is 0.203. The van der Waals surface area contributed by atoms with Crippen LogP contribution in [0.3, 0.4) is 0 Å². The van der Waals surface area contributed by atoms with E-state index in [1.807, 2.05) is 19.1 Å². The zero-order valence-corrected chi connectivity index (χ0v) is 13.5. The molecule has 1 aromatic carbocycles. The molecule has 4 nitrogen and oxygen atoms in total. The second-order valence-corrected chi connectivity index (χ2v) is 5.76. The lowest BCUT2D eigenvalue weighted by atomic mass is 9.64. The van der Waals surface area contributed by atoms with Crippen LogP contribution in [0.4, 0.5) is 4.39 Å². The Labute approximate surface area is 132 Å². The first kappa shape index (κ1) is 16.7. The minimum atomic E-state index is -0.184. The van der Waals surface area contributed by atoms with Crippen molar-refractivity contribution >= 4 is 5.96 Å². The van der Waals surface area contributed by atoms with Gasteiger partial charge in [0.15, 0.2) is 5.96 Å². The van der Waals surface area contributed by atoms with Gasteiger partial charge in [-0.25, -0.2) is 4.39 Å². The highest BCUT2D eigenvalue weighted by Crippen LogP contribution is 2.43. The number of nitrogens with one attached hydrogen (secondary N) is 2. The Kier molecular flexibility index (Phi) is 6.19. The van der Waals surface area contributed by atoms with Gasteiger partial charge in [-0.2, -0.15) is 0 Å². The lowest BCUT2D eigenvalue weighted by Gasteiger charge is -2.41. The molecule has 0 atom stereocenters. The summed E-state index contributed by atoms with van der Waals surface area (Å²) < 4.78 is 18.2. The van der Waals surface area contributed by atoms with Crippen LogP contribution in [0.25, 0.3) is 0 Å². The number of guanidine groups is 1. The van der Waals surface area contributed by atoms with Gasteiger partial charge in [0.2, 0.25) is 0 Å². The summed E-state index contributed by atoms with van der Waals surface area (Å²) in [6, 6.07) is 6.88. The number of halogens is 1. The summed E-state index contributed by atoms with van der Waals surface area (Å²) in [5, 5.41) is 6.50. The molecular weight excluding hydrogens is 281 g/mol. The molecule has 0 aromatic heterocycles. The summed E-state index contributed by atoms with van der Waals surface area (Å²) >= 11 is 0. The summed E-state index contributed by atoms with van der Waals surface area (Å²) in [5.41, 5.74) is 1.26. The van der Waals surface area contributed by atoms with Crippen molar-refractivity contribution in [2.24, 2.45) is 4.99 Å². The minimum Gasteiger partial charge on any atom is -0.383 e. The molecule has 22 heavy (non-hydrogen) atoms. The smallest absolute Gasteiger partial charge is 0.191 e. The van der Waals surface area contributed by atoms with Gasteiger partial charge in [0.1, 0.15) is 5.82 Å². The van der Waals surface area contributed by atoms with E-state index in [2.05, 4.69) is 10.6 Å². The number of methoxy groups -OCH3 is 1. The Morgan fingerprint density at radius 3 is 2.55 bits per heavy atom. The average molecular weight is 307 g/mol. The second-order valence-electron chi connectivity index (χ2n) is 5.76. The monoisotopic (exact) mass is 307 g/mol. The number of rotatable bonds is 7. The fourth-order valence-electron chi connectivity index (χ4n) is 2.79. The number of aliphatic imine (C=N–C) groups is 1. The molecule has 0 amide bonds. The third kappa shape index (κ3) is 4.19. The van der Waals surface area contributed by atoms with E-state index in [9.17, 15) is 4.39 Å². The van der Waals surface area contributed by atoms with Gasteiger partial charge in [-0.3, -0.25) is 4.99 Å². The van der Waals surface area contributed by atoms with E-state index in [0.29, 0.717) is 6.61 Å². The Balaban J connectivity index is 2.03. The van der Waals surface area contributed by atoms with Gasteiger partial charge in [0.25, 0.3) is 0 Å². The molecule has 0 aliphatic heterocycles. The molecule has 0 spiro atoms. The standard InChI is InChI=1S/C17H26FN3O/c1-3-19-16(20-11-12-22-2)21-13-17(9-4-10-17)14-5-7-15(18)8-6-14/h5-8H,3-4,9-13H2,1-2H3,(H2,19,20,21). The molecule has 2 rings (SSSR count). The third-order valence-electron chi connectivity index (χ3n) is 4.25. The number of ether oxygens (including phenoxy) is 1. The van der Waals surface area contributed by atoms with Crippen molar-refractivity contribution in [2.75, 3.05) is 33.4 Å². The summed E-state index contributed by atoms with van der Waals surface area (Å²) in [7, 11) is 1.68. The van der Waals surface area contributed by atoms with Gasteiger partial charge < -0.3 is 15.4 Å². The van der Waals surface area contributed by atoms with Crippen molar-refractivity contribution in [3.63, 3.8) is 0 Å². The highest BCUT2D eigenvalue weighted by Gasteiger charge is 2.38. The van der Waals surface area contributed by atoms with Crippen molar-refractivity contribution in [1.29, 1.82) is 0 Å². The maximum atomic E-state index is 13.1. The third-order valence-corrected chi connectivity index (χ3v) is 4.25. The average Bonchev–Trinajstić information content (AvgIpc) is 2.48. The number of hydrogen-bond acceptors (Lipinski definition) is 2. The van der Waals surface area contributed by atoms with Gasteiger partial charge in [0, 0.05) is 25.6 Å². The van der Waals surface area contributed by atoms with Crippen LogP contribution >= 0.6 is 0 Å². The van der Waals surface area contributed by atoms with E-state index in [-0.39, 0.29) is 11.2 Å². The predicted octanol–water partition coefficient (Wildman–Crippen LogP) is 2.45. The maximum Gasteiger partial charge on any atom is 0.191 e. The van der Waals surface area contributed by atoms with E-state index in [0.717, 1.165) is 38.4 Å². The predicted molar refractivity (Wildman–Crippen MR) is 87.8 cm³/mol. The normalized spacial score (nSPS) is 17.0. The molecule has 2 N–H and O–H groups in total. The number of nitrogens with zero attached hydrogens (tertiary/aromatic N) is 1. The van der Waals surface area contributed by atoms with Crippen molar-refractivity contribution in [1.82, 2.24) is 10.6 Å². The first-order valence-corrected chi connectivity index (χ1v) is 7.97. The van der Waals surface area contributed by atoms with Gasteiger partial charge in [-0.15, -0.1) is 0 Å². The first-order valence-electron chi connectivity index (χ1n) is 7.97. The quantitative estimate of drug-likeness (QED) is 0.462. The van der Waals surface area contributed by atoms with E-state index in [1.54, 1.807) is 19.2 Å². The zero-order valence-electron chi connectivity index (χ0n) is 13.5. The molecule has 1 fully saturated rings. The summed E-state index contributed by atoms with van der Waals surface area (Å²) in [6.07, 6.45) is 3.43. The van der Waals surface area contributed by atoms with Crippen LogP contribution in [0, 0.1) is 5.82 Å². The molecule has 0 unspecified atom stereocenters. The fraction of sp³-hybridized carbons (Fsp3) is 0.588. The SMILES string of the molecule is CCNC(=NCC1(c2ccc(F)cc2)CCC1)NCCOC. The molecule has 1 saturated carbocycles. The summed E-state index contributed by atoms with van der Waals surface area (Å²) in [4.78, 5) is 4.72. The Morgan fingerprint density at radius 2 is 2.00 bits per heavy atom. The van der Waals surface area contributed by atoms with Crippen LogP contribution in [-0.4, -0.2) is 39.3 Å². The van der Waals surface area contributed by atoms with Crippen molar-refractivity contribution in [3.8, 4) is 0 Å². The molecule has 122 valence electrons. The molecular formula is C17H26FN3O. The van der Waals surface area contributed by atoms with Crippen molar-refractivity contribution in [3.05, 3.63) is 35.6 Å². The number of benzene rings is 1. The maximum absolute atomic E-state index is 13.1. The first-order chi connectivity index (χ1) is 10.7. The van der Waals surface area contributed by atoms with E-state index < -0.39 is 0 Å². The van der Waals surface area contributed by atoms with Crippen LogP contribution in [0.1, 0.15) is 31.7 Å². The van der Waals surface area contributed by atoms with Crippen LogP contribution in [0.15, 0.2) is 29.3 Å². The second kappa shape index (κ2) is 8.13. The minimum absolute atomic E-state index is 0.0668. The molecule has 0 bridgehead atoms. The summed E-state index contributed by atoms with van der Waals surface area (Å²) in [6.45, 7) is 4.97. The van der Waals surface area contributed by atoms with Crippen LogP contribution in [0.2, 0.25) is 0 Å². The molecule has 0 heterocycles. The molecule has 1 aliphatic rings. The fourth-order valence-corrected chi connectivity index (χ4v) is 2.79. The highest BCUT2D eigenvalue weighted by molar-refractivity contribution is 5.79. The molecule has 1 aliphatic carbocycles. The van der Waals surface area contributed by atoms with E-state index in [1.165, 1.54) is 12.0 Å². The van der Waals surface area contributed by atoms with Crippen molar-refractivity contribution in [2.45, 2.75) is 31.6 Å². The largest absolute Gasteiger partial charge is 0.383 e. The van der Waals surface area contributed by atoms with Gasteiger partial charge in [-0.05, 0) is 37.5 Å². The van der Waals surface area contributed by atoms with Gasteiger partial charge >= 0.3 is 0 Å². The molecule has 0 saturated heterocycles. The Hall–Kier alpha value is -1.62. The zero-order chi connectivity index (χ0) is 15.8. The van der Waals surface area contributed by atoms with Gasteiger partial charge in [0.05, 0.1) is 13.2 Å². The topological polar surface area (TPSA) is 45.7 Å². The molecule has 1 aromatic rings. The van der Waals surface area contributed by atoms with Crippen LogP contribution < -0.4 is 10.6 Å². The Bertz CT molecular complexity index is 483. The number of hydrogen-bond donors (Lipinski definition) is 2.